The average molecular weight is 393 g/mol. The fourth-order valence-corrected chi connectivity index (χ4v) is 3.19. The Hall–Kier alpha value is -3.35. The average Bonchev–Trinajstić information content (AvgIpc) is 3.23. The number of nitrogens with zero attached hydrogens (tertiary/aromatic N) is 3. The summed E-state index contributed by atoms with van der Waals surface area (Å²) in [6.45, 7) is 1.64. The minimum absolute atomic E-state index is 0.0719. The molecule has 29 heavy (non-hydrogen) atoms. The van der Waals surface area contributed by atoms with Gasteiger partial charge in [0.2, 0.25) is 17.6 Å². The lowest BCUT2D eigenvalue weighted by Crippen LogP contribution is -2.26. The number of carbonyl (C=O) groups excluding carboxylic acids is 1. The number of amides is 1. The number of hydrogen-bond acceptors (Lipinski definition) is 6. The highest BCUT2D eigenvalue weighted by molar-refractivity contribution is 5.75. The molecule has 0 fully saturated rings. The number of fused-ring (bicyclic) bond motifs is 1. The maximum absolute atomic E-state index is 12.5. The van der Waals surface area contributed by atoms with Crippen LogP contribution >= 0.6 is 0 Å². The molecule has 0 N–H and O–H groups in total. The molecule has 0 saturated heterocycles. The SMILES string of the molecule is CN(Cc1ccc2c(c1)OCCO2)C(=O)CCCc1nc(-c2ccccc2)no1. The van der Waals surface area contributed by atoms with Gasteiger partial charge in [0.1, 0.15) is 13.2 Å². The van der Waals surface area contributed by atoms with Crippen molar-refractivity contribution in [2.24, 2.45) is 0 Å². The lowest BCUT2D eigenvalue weighted by molar-refractivity contribution is -0.130. The Balaban J connectivity index is 1.26. The molecular formula is C22H23N3O4. The Morgan fingerprint density at radius 2 is 1.86 bits per heavy atom. The predicted molar refractivity (Wildman–Crippen MR) is 107 cm³/mol. The predicted octanol–water partition coefficient (Wildman–Crippen LogP) is 3.49. The van der Waals surface area contributed by atoms with Gasteiger partial charge in [-0.3, -0.25) is 4.79 Å². The largest absolute Gasteiger partial charge is 0.486 e. The Morgan fingerprint density at radius 3 is 2.69 bits per heavy atom. The van der Waals surface area contributed by atoms with E-state index in [1.54, 1.807) is 11.9 Å². The number of hydrogen-bond donors (Lipinski definition) is 0. The molecule has 1 aliphatic heterocycles. The van der Waals surface area contributed by atoms with Crippen LogP contribution in [0, 0.1) is 0 Å². The summed E-state index contributed by atoms with van der Waals surface area (Å²) in [6.07, 6.45) is 1.65. The lowest BCUT2D eigenvalue weighted by Gasteiger charge is -2.21. The molecule has 0 unspecified atom stereocenters. The normalized spacial score (nSPS) is 12.6. The van der Waals surface area contributed by atoms with Crippen molar-refractivity contribution in [2.75, 3.05) is 20.3 Å². The topological polar surface area (TPSA) is 77.7 Å². The molecule has 0 radical (unpaired) electrons. The molecule has 0 saturated carbocycles. The third-order valence-corrected chi connectivity index (χ3v) is 4.73. The number of ether oxygens (including phenoxy) is 2. The molecule has 2 heterocycles. The van der Waals surface area contributed by atoms with Gasteiger partial charge >= 0.3 is 0 Å². The molecule has 0 spiro atoms. The van der Waals surface area contributed by atoms with Crippen LogP contribution < -0.4 is 9.47 Å². The molecule has 7 nitrogen and oxygen atoms in total. The van der Waals surface area contributed by atoms with Gasteiger partial charge in [-0.2, -0.15) is 4.98 Å². The van der Waals surface area contributed by atoms with Gasteiger partial charge in [-0.25, -0.2) is 0 Å². The van der Waals surface area contributed by atoms with E-state index < -0.39 is 0 Å². The van der Waals surface area contributed by atoms with Gasteiger partial charge in [0.15, 0.2) is 11.5 Å². The van der Waals surface area contributed by atoms with Crippen LogP contribution in [0.25, 0.3) is 11.4 Å². The molecule has 3 aromatic rings. The van der Waals surface area contributed by atoms with Crippen molar-refractivity contribution in [3.05, 3.63) is 60.0 Å². The van der Waals surface area contributed by atoms with Gasteiger partial charge in [-0.15, -0.1) is 0 Å². The molecular weight excluding hydrogens is 370 g/mol. The van der Waals surface area contributed by atoms with Gasteiger partial charge in [0, 0.05) is 32.0 Å². The van der Waals surface area contributed by atoms with Crippen molar-refractivity contribution < 1.29 is 18.8 Å². The maximum atomic E-state index is 12.5. The monoisotopic (exact) mass is 393 g/mol. The first-order chi connectivity index (χ1) is 14.2. The highest BCUT2D eigenvalue weighted by Crippen LogP contribution is 2.31. The van der Waals surface area contributed by atoms with Crippen LogP contribution in [0.5, 0.6) is 11.5 Å². The third-order valence-electron chi connectivity index (χ3n) is 4.73. The van der Waals surface area contributed by atoms with Crippen LogP contribution in [-0.4, -0.2) is 41.2 Å². The van der Waals surface area contributed by atoms with Gasteiger partial charge in [0.05, 0.1) is 0 Å². The van der Waals surface area contributed by atoms with E-state index >= 15 is 0 Å². The van der Waals surface area contributed by atoms with Crippen molar-refractivity contribution in [3.63, 3.8) is 0 Å². The van der Waals surface area contributed by atoms with E-state index in [1.807, 2.05) is 48.5 Å². The van der Waals surface area contributed by atoms with E-state index in [-0.39, 0.29) is 5.91 Å². The van der Waals surface area contributed by atoms with Gasteiger partial charge < -0.3 is 18.9 Å². The minimum atomic E-state index is 0.0719. The van der Waals surface area contributed by atoms with E-state index in [1.165, 1.54) is 0 Å². The Kier molecular flexibility index (Phi) is 5.74. The summed E-state index contributed by atoms with van der Waals surface area (Å²) in [7, 11) is 1.80. The third kappa shape index (κ3) is 4.74. The summed E-state index contributed by atoms with van der Waals surface area (Å²) in [4.78, 5) is 18.6. The Bertz CT molecular complexity index is 971. The van der Waals surface area contributed by atoms with Crippen molar-refractivity contribution >= 4 is 5.91 Å². The van der Waals surface area contributed by atoms with Crippen LogP contribution in [0.4, 0.5) is 0 Å². The highest BCUT2D eigenvalue weighted by Gasteiger charge is 2.15. The van der Waals surface area contributed by atoms with Crippen molar-refractivity contribution in [1.82, 2.24) is 15.0 Å². The van der Waals surface area contributed by atoms with Crippen LogP contribution in [0.15, 0.2) is 53.1 Å². The molecule has 4 rings (SSSR count). The van der Waals surface area contributed by atoms with Crippen molar-refractivity contribution in [1.29, 1.82) is 0 Å². The van der Waals surface area contributed by atoms with E-state index in [0.29, 0.717) is 50.7 Å². The van der Waals surface area contributed by atoms with E-state index in [0.717, 1.165) is 22.6 Å². The Labute approximate surface area is 169 Å². The summed E-state index contributed by atoms with van der Waals surface area (Å²) < 4.78 is 16.4. The number of aryl methyl sites for hydroxylation is 1. The second kappa shape index (κ2) is 8.77. The molecule has 7 heteroatoms. The van der Waals surface area contributed by atoms with Crippen LogP contribution in [0.3, 0.4) is 0 Å². The lowest BCUT2D eigenvalue weighted by atomic mass is 10.1. The zero-order valence-electron chi connectivity index (χ0n) is 16.3. The summed E-state index contributed by atoms with van der Waals surface area (Å²) in [5, 5.41) is 4.01. The number of carbonyl (C=O) groups is 1. The molecule has 1 amide bonds. The number of benzene rings is 2. The summed E-state index contributed by atoms with van der Waals surface area (Å²) in [6, 6.07) is 15.5. The van der Waals surface area contributed by atoms with Gasteiger partial charge in [0.25, 0.3) is 0 Å². The van der Waals surface area contributed by atoms with E-state index in [9.17, 15) is 4.79 Å². The standard InChI is InChI=1S/C22H23N3O4/c1-25(15-16-10-11-18-19(14-16)28-13-12-27-18)21(26)9-5-8-20-23-22(24-29-20)17-6-3-2-4-7-17/h2-4,6-7,10-11,14H,5,8-9,12-13,15H2,1H3. The highest BCUT2D eigenvalue weighted by atomic mass is 16.6. The van der Waals surface area contributed by atoms with E-state index in [2.05, 4.69) is 10.1 Å². The summed E-state index contributed by atoms with van der Waals surface area (Å²) >= 11 is 0. The summed E-state index contributed by atoms with van der Waals surface area (Å²) in [5.74, 6) is 2.68. The molecule has 0 aliphatic carbocycles. The first-order valence-corrected chi connectivity index (χ1v) is 9.69. The fourth-order valence-electron chi connectivity index (χ4n) is 3.19. The molecule has 0 atom stereocenters. The van der Waals surface area contributed by atoms with Crippen molar-refractivity contribution in [3.8, 4) is 22.9 Å². The fraction of sp³-hybridized carbons (Fsp3) is 0.318. The quantitative estimate of drug-likeness (QED) is 0.612. The van der Waals surface area contributed by atoms with Crippen LogP contribution in [-0.2, 0) is 17.8 Å². The summed E-state index contributed by atoms with van der Waals surface area (Å²) in [5.41, 5.74) is 1.92. The van der Waals surface area contributed by atoms with Crippen LogP contribution in [0.1, 0.15) is 24.3 Å². The molecule has 150 valence electrons. The first kappa shape index (κ1) is 19.0. The second-order valence-electron chi connectivity index (χ2n) is 6.96. The first-order valence-electron chi connectivity index (χ1n) is 9.69. The van der Waals surface area contributed by atoms with Crippen LogP contribution in [0.2, 0.25) is 0 Å². The second-order valence-corrected chi connectivity index (χ2v) is 6.96. The van der Waals surface area contributed by atoms with Gasteiger partial charge in [-0.1, -0.05) is 41.6 Å². The molecule has 2 aromatic carbocycles. The number of aromatic nitrogens is 2. The molecule has 1 aliphatic rings. The Morgan fingerprint density at radius 1 is 1.07 bits per heavy atom. The minimum Gasteiger partial charge on any atom is -0.486 e. The van der Waals surface area contributed by atoms with E-state index in [4.69, 9.17) is 14.0 Å². The molecule has 0 bridgehead atoms. The van der Waals surface area contributed by atoms with Crippen molar-refractivity contribution in [2.45, 2.75) is 25.8 Å². The zero-order chi connectivity index (χ0) is 20.1. The smallest absolute Gasteiger partial charge is 0.226 e. The zero-order valence-corrected chi connectivity index (χ0v) is 16.3. The molecule has 1 aromatic heterocycles. The number of rotatable bonds is 7. The maximum Gasteiger partial charge on any atom is 0.226 e. The van der Waals surface area contributed by atoms with Gasteiger partial charge in [-0.05, 0) is 24.1 Å².